The fourth-order valence-corrected chi connectivity index (χ4v) is 4.46. The van der Waals surface area contributed by atoms with Crippen LogP contribution in [0.5, 0.6) is 0 Å². The predicted octanol–water partition coefficient (Wildman–Crippen LogP) is 1.04. The molecule has 0 aromatic carbocycles. The Morgan fingerprint density at radius 3 is 3.00 bits per heavy atom. The second-order valence-electron chi connectivity index (χ2n) is 4.17. The van der Waals surface area contributed by atoms with Gasteiger partial charge in [-0.05, 0) is 12.5 Å². The SMILES string of the molecule is CCC1CN(S(=O)(=O)c2csc(CO)c2)CCO1. The molecule has 1 aliphatic heterocycles. The Bertz CT molecular complexity index is 497. The van der Waals surface area contributed by atoms with Crippen molar-refractivity contribution < 1.29 is 18.3 Å². The van der Waals surface area contributed by atoms with Crippen LogP contribution in [-0.2, 0) is 21.4 Å². The van der Waals surface area contributed by atoms with Crippen LogP contribution >= 0.6 is 11.3 Å². The van der Waals surface area contributed by atoms with E-state index < -0.39 is 10.0 Å². The third-order valence-electron chi connectivity index (χ3n) is 2.98. The van der Waals surface area contributed by atoms with E-state index >= 15 is 0 Å². The van der Waals surface area contributed by atoms with Crippen LogP contribution in [0.2, 0.25) is 0 Å². The molecule has 0 bridgehead atoms. The molecular weight excluding hydrogens is 274 g/mol. The van der Waals surface area contributed by atoms with Gasteiger partial charge in [0.1, 0.15) is 0 Å². The van der Waals surface area contributed by atoms with E-state index in [1.807, 2.05) is 6.92 Å². The minimum Gasteiger partial charge on any atom is -0.391 e. The molecule has 2 rings (SSSR count). The summed E-state index contributed by atoms with van der Waals surface area (Å²) in [5, 5.41) is 10.6. The van der Waals surface area contributed by atoms with E-state index in [0.29, 0.717) is 24.6 Å². The second-order valence-corrected chi connectivity index (χ2v) is 7.10. The number of hydrogen-bond acceptors (Lipinski definition) is 5. The summed E-state index contributed by atoms with van der Waals surface area (Å²) in [5.74, 6) is 0. The van der Waals surface area contributed by atoms with Gasteiger partial charge in [0.2, 0.25) is 10.0 Å². The van der Waals surface area contributed by atoms with Crippen molar-refractivity contribution in [2.75, 3.05) is 19.7 Å². The Balaban J connectivity index is 2.19. The number of aliphatic hydroxyl groups is 1. The number of aliphatic hydroxyl groups excluding tert-OH is 1. The van der Waals surface area contributed by atoms with Gasteiger partial charge in [0.15, 0.2) is 0 Å². The van der Waals surface area contributed by atoms with E-state index in [1.165, 1.54) is 21.7 Å². The van der Waals surface area contributed by atoms with Gasteiger partial charge in [-0.2, -0.15) is 4.31 Å². The lowest BCUT2D eigenvalue weighted by atomic mass is 10.2. The zero-order valence-corrected chi connectivity index (χ0v) is 11.8. The first-order chi connectivity index (χ1) is 8.57. The Kier molecular flexibility index (Phi) is 4.39. The quantitative estimate of drug-likeness (QED) is 0.900. The summed E-state index contributed by atoms with van der Waals surface area (Å²) in [7, 11) is -3.44. The standard InChI is InChI=1S/C11H17NO4S2/c1-2-9-6-12(3-4-16-9)18(14,15)11-5-10(7-13)17-8-11/h5,8-9,13H,2-4,6-7H2,1H3. The van der Waals surface area contributed by atoms with Crippen LogP contribution in [0.1, 0.15) is 18.2 Å². The lowest BCUT2D eigenvalue weighted by Crippen LogP contribution is -2.45. The molecule has 1 fully saturated rings. The Morgan fingerprint density at radius 1 is 1.61 bits per heavy atom. The first-order valence-electron chi connectivity index (χ1n) is 5.88. The highest BCUT2D eigenvalue weighted by molar-refractivity contribution is 7.89. The molecule has 1 aliphatic rings. The average molecular weight is 291 g/mol. The third-order valence-corrected chi connectivity index (χ3v) is 5.89. The molecule has 5 nitrogen and oxygen atoms in total. The molecule has 0 aliphatic carbocycles. The highest BCUT2D eigenvalue weighted by Crippen LogP contribution is 2.24. The van der Waals surface area contributed by atoms with Crippen molar-refractivity contribution in [1.82, 2.24) is 4.31 Å². The van der Waals surface area contributed by atoms with Crippen LogP contribution in [-0.4, -0.2) is 43.6 Å². The van der Waals surface area contributed by atoms with Gasteiger partial charge in [0.05, 0.1) is 24.2 Å². The van der Waals surface area contributed by atoms with Crippen LogP contribution < -0.4 is 0 Å². The molecule has 1 aromatic rings. The Morgan fingerprint density at radius 2 is 2.39 bits per heavy atom. The maximum Gasteiger partial charge on any atom is 0.244 e. The van der Waals surface area contributed by atoms with Gasteiger partial charge in [0, 0.05) is 23.3 Å². The largest absolute Gasteiger partial charge is 0.391 e. The van der Waals surface area contributed by atoms with E-state index in [1.54, 1.807) is 5.38 Å². The van der Waals surface area contributed by atoms with Crippen molar-refractivity contribution in [3.8, 4) is 0 Å². The zero-order chi connectivity index (χ0) is 13.2. The maximum atomic E-state index is 12.4. The van der Waals surface area contributed by atoms with Gasteiger partial charge in [-0.25, -0.2) is 8.42 Å². The molecule has 1 saturated heterocycles. The molecule has 1 unspecified atom stereocenters. The molecular formula is C11H17NO4S2. The fourth-order valence-electron chi connectivity index (χ4n) is 1.89. The van der Waals surface area contributed by atoms with Gasteiger partial charge >= 0.3 is 0 Å². The van der Waals surface area contributed by atoms with Crippen LogP contribution in [0, 0.1) is 0 Å². The van der Waals surface area contributed by atoms with Gasteiger partial charge in [0.25, 0.3) is 0 Å². The second kappa shape index (κ2) is 5.66. The smallest absolute Gasteiger partial charge is 0.244 e. The normalized spacial score (nSPS) is 22.2. The summed E-state index contributed by atoms with van der Waals surface area (Å²) >= 11 is 1.26. The number of thiophene rings is 1. The van der Waals surface area contributed by atoms with Crippen LogP contribution in [0.25, 0.3) is 0 Å². The van der Waals surface area contributed by atoms with E-state index in [2.05, 4.69) is 0 Å². The maximum absolute atomic E-state index is 12.4. The number of nitrogens with zero attached hydrogens (tertiary/aromatic N) is 1. The first kappa shape index (κ1) is 14.0. The highest BCUT2D eigenvalue weighted by Gasteiger charge is 2.30. The lowest BCUT2D eigenvalue weighted by molar-refractivity contribution is -0.00277. The molecule has 0 saturated carbocycles. The van der Waals surface area contributed by atoms with Crippen molar-refractivity contribution in [3.05, 3.63) is 16.3 Å². The summed E-state index contributed by atoms with van der Waals surface area (Å²) in [6, 6.07) is 1.54. The van der Waals surface area contributed by atoms with E-state index in [9.17, 15) is 8.42 Å². The summed E-state index contributed by atoms with van der Waals surface area (Å²) in [4.78, 5) is 0.933. The van der Waals surface area contributed by atoms with Crippen LogP contribution in [0.4, 0.5) is 0 Å². The van der Waals surface area contributed by atoms with E-state index in [-0.39, 0.29) is 17.6 Å². The summed E-state index contributed by atoms with van der Waals surface area (Å²) in [6.07, 6.45) is 0.779. The molecule has 0 amide bonds. The molecule has 7 heteroatoms. The van der Waals surface area contributed by atoms with Crippen molar-refractivity contribution in [1.29, 1.82) is 0 Å². The van der Waals surface area contributed by atoms with E-state index in [0.717, 1.165) is 6.42 Å². The van der Waals surface area contributed by atoms with Gasteiger partial charge in [-0.15, -0.1) is 11.3 Å². The number of sulfonamides is 1. The van der Waals surface area contributed by atoms with Crippen molar-refractivity contribution in [3.63, 3.8) is 0 Å². The van der Waals surface area contributed by atoms with Gasteiger partial charge in [-0.1, -0.05) is 6.92 Å². The molecule has 0 spiro atoms. The third kappa shape index (κ3) is 2.75. The minimum atomic E-state index is -3.44. The van der Waals surface area contributed by atoms with E-state index in [4.69, 9.17) is 9.84 Å². The van der Waals surface area contributed by atoms with Crippen LogP contribution in [0.15, 0.2) is 16.3 Å². The lowest BCUT2D eigenvalue weighted by Gasteiger charge is -2.31. The number of ether oxygens (including phenoxy) is 1. The Labute approximate surface area is 111 Å². The topological polar surface area (TPSA) is 66.8 Å². The molecule has 102 valence electrons. The minimum absolute atomic E-state index is 0.0236. The summed E-state index contributed by atoms with van der Waals surface area (Å²) in [6.45, 7) is 3.09. The molecule has 1 N–H and O–H groups in total. The average Bonchev–Trinajstić information content (AvgIpc) is 2.88. The molecule has 18 heavy (non-hydrogen) atoms. The molecule has 0 radical (unpaired) electrons. The predicted molar refractivity (Wildman–Crippen MR) is 69.0 cm³/mol. The first-order valence-corrected chi connectivity index (χ1v) is 8.20. The van der Waals surface area contributed by atoms with Gasteiger partial charge in [-0.3, -0.25) is 0 Å². The highest BCUT2D eigenvalue weighted by atomic mass is 32.2. The fraction of sp³-hybridized carbons (Fsp3) is 0.636. The van der Waals surface area contributed by atoms with Crippen molar-refractivity contribution >= 4 is 21.4 Å². The Hall–Kier alpha value is -0.470. The number of rotatable bonds is 4. The van der Waals surface area contributed by atoms with Crippen molar-refractivity contribution in [2.24, 2.45) is 0 Å². The van der Waals surface area contributed by atoms with Crippen LogP contribution in [0.3, 0.4) is 0 Å². The number of hydrogen-bond donors (Lipinski definition) is 1. The van der Waals surface area contributed by atoms with Crippen molar-refractivity contribution in [2.45, 2.75) is 31.0 Å². The monoisotopic (exact) mass is 291 g/mol. The summed E-state index contributed by atoms with van der Waals surface area (Å²) < 4.78 is 31.7. The number of morpholine rings is 1. The zero-order valence-electron chi connectivity index (χ0n) is 10.2. The molecule has 1 aromatic heterocycles. The summed E-state index contributed by atoms with van der Waals surface area (Å²) in [5.41, 5.74) is 0. The molecule has 2 heterocycles. The van der Waals surface area contributed by atoms with Gasteiger partial charge < -0.3 is 9.84 Å². The molecule has 1 atom stereocenters.